The summed E-state index contributed by atoms with van der Waals surface area (Å²) in [5.74, 6) is 2.07. The van der Waals surface area contributed by atoms with Gasteiger partial charge < -0.3 is 19.9 Å². The van der Waals surface area contributed by atoms with Gasteiger partial charge in [-0.3, -0.25) is 0 Å². The Hall–Kier alpha value is -2.86. The summed E-state index contributed by atoms with van der Waals surface area (Å²) in [5.41, 5.74) is 9.92. The minimum Gasteiger partial charge on any atom is -0.493 e. The number of nitrogens with one attached hydrogen (secondary N) is 1. The molecule has 0 aliphatic carbocycles. The Morgan fingerprint density at radius 1 is 0.889 bits per heavy atom. The molecule has 0 amide bonds. The predicted octanol–water partition coefficient (Wildman–Crippen LogP) is 6.31. The van der Waals surface area contributed by atoms with Gasteiger partial charge in [0.2, 0.25) is 0 Å². The topological polar surface area (TPSA) is 50.7 Å². The molecule has 3 aliphatic heterocycles. The Morgan fingerprint density at radius 2 is 1.56 bits per heavy atom. The smallest absolute Gasteiger partial charge is 0.122 e. The van der Waals surface area contributed by atoms with Gasteiger partial charge in [0.25, 0.3) is 0 Å². The van der Waals surface area contributed by atoms with Gasteiger partial charge >= 0.3 is 0 Å². The largest absolute Gasteiger partial charge is 0.493 e. The molecule has 3 aliphatic rings. The molecule has 0 spiro atoms. The summed E-state index contributed by atoms with van der Waals surface area (Å²) >= 11 is 3.25. The molecule has 36 heavy (non-hydrogen) atoms. The van der Waals surface area contributed by atoms with Crippen LogP contribution >= 0.6 is 15.9 Å². The van der Waals surface area contributed by atoms with Crippen molar-refractivity contribution < 1.29 is 14.6 Å². The normalized spacial score (nSPS) is 17.7. The molecule has 3 aromatic rings. The van der Waals surface area contributed by atoms with Crippen molar-refractivity contribution >= 4 is 28.1 Å². The lowest BCUT2D eigenvalue weighted by Gasteiger charge is -2.26. The van der Waals surface area contributed by atoms with Crippen molar-refractivity contribution in [2.75, 3.05) is 19.8 Å². The molecule has 186 valence electrons. The lowest BCUT2D eigenvalue weighted by molar-refractivity contribution is 0.280. The van der Waals surface area contributed by atoms with Gasteiger partial charge in [-0.2, -0.15) is 0 Å². The third-order valence-electron chi connectivity index (χ3n) is 7.03. The van der Waals surface area contributed by atoms with Gasteiger partial charge in [0.15, 0.2) is 0 Å². The molecule has 0 saturated heterocycles. The second-order valence-electron chi connectivity index (χ2n) is 9.40. The number of aliphatic hydroxyl groups is 1. The highest BCUT2D eigenvalue weighted by molar-refractivity contribution is 9.11. The zero-order valence-corrected chi connectivity index (χ0v) is 22.2. The monoisotopic (exact) mass is 545 g/mol. The second-order valence-corrected chi connectivity index (χ2v) is 9.93. The average Bonchev–Trinajstić information content (AvgIpc) is 3.56. The van der Waals surface area contributed by atoms with Crippen molar-refractivity contribution in [2.24, 2.45) is 0 Å². The molecule has 0 saturated carbocycles. The number of fused-ring (bicyclic) bond motifs is 3. The second kappa shape index (κ2) is 11.5. The summed E-state index contributed by atoms with van der Waals surface area (Å²) in [5, 5.41) is 13.1. The Morgan fingerprint density at radius 3 is 2.19 bits per heavy atom. The summed E-state index contributed by atoms with van der Waals surface area (Å²) < 4.78 is 11.0. The van der Waals surface area contributed by atoms with E-state index in [2.05, 4.69) is 82.8 Å². The molecular formula is C31H32BrNO3. The summed E-state index contributed by atoms with van der Waals surface area (Å²) in [6.07, 6.45) is 9.52. The van der Waals surface area contributed by atoms with Crippen LogP contribution in [0, 0.1) is 6.92 Å². The van der Waals surface area contributed by atoms with Crippen LogP contribution in [0.15, 0.2) is 59.6 Å². The number of hydrogen-bond donors (Lipinski definition) is 2. The number of hydrogen-bond acceptors (Lipinski definition) is 4. The molecule has 1 atom stereocenters. The highest BCUT2D eigenvalue weighted by Crippen LogP contribution is 2.30. The third kappa shape index (κ3) is 5.59. The molecule has 5 heteroatoms. The van der Waals surface area contributed by atoms with E-state index in [4.69, 9.17) is 9.47 Å². The third-order valence-corrected chi connectivity index (χ3v) is 7.29. The first kappa shape index (κ1) is 24.8. The van der Waals surface area contributed by atoms with Crippen LogP contribution in [0.1, 0.15) is 50.5 Å². The van der Waals surface area contributed by atoms with Crippen LogP contribution < -0.4 is 14.8 Å². The molecule has 0 fully saturated rings. The van der Waals surface area contributed by atoms with Crippen molar-refractivity contribution in [3.05, 3.63) is 104 Å². The van der Waals surface area contributed by atoms with Gasteiger partial charge in [0.1, 0.15) is 11.5 Å². The van der Waals surface area contributed by atoms with Crippen LogP contribution in [0.25, 0.3) is 12.2 Å². The first-order valence-electron chi connectivity index (χ1n) is 12.6. The molecule has 0 bridgehead atoms. The summed E-state index contributed by atoms with van der Waals surface area (Å²) in [7, 11) is 0. The fourth-order valence-corrected chi connectivity index (χ4v) is 5.36. The van der Waals surface area contributed by atoms with Crippen molar-refractivity contribution in [3.63, 3.8) is 0 Å². The lowest BCUT2D eigenvalue weighted by Crippen LogP contribution is -2.28. The Kier molecular flexibility index (Phi) is 7.90. The van der Waals surface area contributed by atoms with Crippen LogP contribution in [-0.2, 0) is 25.9 Å². The van der Waals surface area contributed by atoms with Crippen LogP contribution in [0.3, 0.4) is 0 Å². The molecular weight excluding hydrogens is 514 g/mol. The van der Waals surface area contributed by atoms with Gasteiger partial charge in [0.05, 0.1) is 25.9 Å². The van der Waals surface area contributed by atoms with Gasteiger partial charge in [-0.1, -0.05) is 52.3 Å². The van der Waals surface area contributed by atoms with Crippen LogP contribution in [0.4, 0.5) is 0 Å². The fraction of sp³-hybridized carbons (Fsp3) is 0.290. The Bertz CT molecular complexity index is 1300. The molecule has 0 aromatic heterocycles. The molecule has 1 unspecified atom stereocenters. The summed E-state index contributed by atoms with van der Waals surface area (Å²) in [6.45, 7) is 4.78. The van der Waals surface area contributed by atoms with Gasteiger partial charge in [0, 0.05) is 19.4 Å². The van der Waals surface area contributed by atoms with Crippen molar-refractivity contribution in [1.82, 2.24) is 5.32 Å². The average molecular weight is 547 g/mol. The zero-order chi connectivity index (χ0) is 24.9. The Balaban J connectivity index is 0.000000186. The molecule has 6 rings (SSSR count). The number of rotatable bonds is 4. The maximum absolute atomic E-state index is 9.55. The quantitative estimate of drug-likeness (QED) is 0.403. The van der Waals surface area contributed by atoms with Crippen molar-refractivity contribution in [3.8, 4) is 11.5 Å². The van der Waals surface area contributed by atoms with Crippen LogP contribution in [-0.4, -0.2) is 24.9 Å². The number of halogens is 1. The van der Waals surface area contributed by atoms with E-state index in [0.29, 0.717) is 0 Å². The van der Waals surface area contributed by atoms with Crippen molar-refractivity contribution in [2.45, 2.75) is 38.8 Å². The van der Waals surface area contributed by atoms with Crippen molar-refractivity contribution in [1.29, 1.82) is 0 Å². The van der Waals surface area contributed by atoms with E-state index in [1.807, 2.05) is 17.1 Å². The number of benzene rings is 3. The van der Waals surface area contributed by atoms with E-state index < -0.39 is 0 Å². The summed E-state index contributed by atoms with van der Waals surface area (Å²) in [4.78, 5) is 1.87. The molecule has 3 aromatic carbocycles. The van der Waals surface area contributed by atoms with E-state index >= 15 is 0 Å². The van der Waals surface area contributed by atoms with Gasteiger partial charge in [-0.25, -0.2) is 0 Å². The highest BCUT2D eigenvalue weighted by Gasteiger charge is 2.19. The number of aryl methyl sites for hydroxylation is 1. The first-order chi connectivity index (χ1) is 17.6. The zero-order valence-electron chi connectivity index (χ0n) is 20.6. The van der Waals surface area contributed by atoms with E-state index in [1.54, 1.807) is 0 Å². The maximum atomic E-state index is 9.55. The Labute approximate surface area is 221 Å². The molecule has 4 nitrogen and oxygen atoms in total. The minimum absolute atomic E-state index is 0.0976. The molecule has 3 heterocycles. The van der Waals surface area contributed by atoms with E-state index in [9.17, 15) is 5.11 Å². The minimum atomic E-state index is 0.0976. The first-order valence-corrected chi connectivity index (χ1v) is 13.5. The van der Waals surface area contributed by atoms with E-state index in [1.165, 1.54) is 38.9 Å². The van der Waals surface area contributed by atoms with E-state index in [0.717, 1.165) is 56.1 Å². The molecule has 2 N–H and O–H groups in total. The molecule has 0 radical (unpaired) electrons. The van der Waals surface area contributed by atoms with Crippen LogP contribution in [0.5, 0.6) is 11.5 Å². The fourth-order valence-electron chi connectivity index (χ4n) is 5.05. The van der Waals surface area contributed by atoms with E-state index in [-0.39, 0.29) is 12.6 Å². The predicted molar refractivity (Wildman–Crippen MR) is 150 cm³/mol. The van der Waals surface area contributed by atoms with Crippen LogP contribution in [0.2, 0.25) is 0 Å². The number of ether oxygens (including phenoxy) is 2. The number of aliphatic hydroxyl groups excluding tert-OH is 1. The SMILES string of the molecule is Br/C=C/c1ccc2c(c1)CCO2.Cc1cc2c(cc1CO)C(/C=C/c1ccc3c(c1)CCO3)NCC2. The summed E-state index contributed by atoms with van der Waals surface area (Å²) in [6, 6.07) is 17.2. The standard InChI is InChI=1S/C21H23NO2.C10H9BrO/c1-14-10-16-6-8-22-20(19(16)12-18(14)13-23)4-2-15-3-5-21-17(11-15)7-9-24-21;11-5-3-8-1-2-10-9(7-8)4-6-12-10/h2-5,10-12,20,22-23H,6-9,13H2,1H3;1-3,5,7H,4,6H2/b4-2+;5-3+. The van der Waals surface area contributed by atoms with Gasteiger partial charge in [-0.15, -0.1) is 0 Å². The van der Waals surface area contributed by atoms with Gasteiger partial charge in [-0.05, 0) is 93.2 Å². The highest BCUT2D eigenvalue weighted by atomic mass is 79.9. The maximum Gasteiger partial charge on any atom is 0.122 e. The lowest BCUT2D eigenvalue weighted by atomic mass is 9.90.